The van der Waals surface area contributed by atoms with E-state index in [4.69, 9.17) is 50.0 Å². The van der Waals surface area contributed by atoms with Crippen LogP contribution >= 0.6 is 0 Å². The van der Waals surface area contributed by atoms with E-state index in [0.29, 0.717) is 19.8 Å². The highest BCUT2D eigenvalue weighted by atomic mass is 16.5. The minimum atomic E-state index is -0.935. The summed E-state index contributed by atoms with van der Waals surface area (Å²) in [7, 11) is 0. The fourth-order valence-corrected chi connectivity index (χ4v) is 1.07. The maximum Gasteiger partial charge on any atom is 0.330 e. The van der Waals surface area contributed by atoms with Gasteiger partial charge in [0.1, 0.15) is 0 Å². The normalized spacial score (nSPS) is 15.5. The van der Waals surface area contributed by atoms with Gasteiger partial charge in [0.25, 0.3) is 0 Å². The van der Waals surface area contributed by atoms with Crippen molar-refractivity contribution < 1.29 is 54.8 Å². The van der Waals surface area contributed by atoms with Gasteiger partial charge in [-0.1, -0.05) is 6.58 Å². The van der Waals surface area contributed by atoms with E-state index < -0.39 is 24.3 Å². The van der Waals surface area contributed by atoms with Gasteiger partial charge in [0.2, 0.25) is 0 Å². The molecule has 0 rings (SSSR count). The van der Waals surface area contributed by atoms with Crippen molar-refractivity contribution in [3.05, 3.63) is 12.2 Å². The summed E-state index contributed by atoms with van der Waals surface area (Å²) in [5.41, 5.74) is 0.176. The Hall–Kier alpha value is -1.15. The van der Waals surface area contributed by atoms with E-state index in [0.717, 1.165) is 0 Å². The second kappa shape index (κ2) is 27.1. The third-order valence-electron chi connectivity index (χ3n) is 3.00. The number of rotatable bonds is 13. The lowest BCUT2D eigenvalue weighted by atomic mass is 10.4. The number of hydrogen-bond donors (Lipinski definition) is 7. The molecule has 0 aliphatic heterocycles. The SMILES string of the molecule is C=C(C)C(=O)O.CC(O)COC(C)CO.CC(O)COC(C)CO.CC(O)COC(C)CO. The quantitative estimate of drug-likeness (QED) is 0.172. The van der Waals surface area contributed by atoms with Crippen LogP contribution in [0.15, 0.2) is 12.2 Å². The van der Waals surface area contributed by atoms with Gasteiger partial charge in [-0.25, -0.2) is 4.79 Å². The third-order valence-corrected chi connectivity index (χ3v) is 3.00. The molecular weight excluding hydrogens is 440 g/mol. The van der Waals surface area contributed by atoms with E-state index >= 15 is 0 Å². The van der Waals surface area contributed by atoms with E-state index in [1.54, 1.807) is 41.5 Å². The summed E-state index contributed by atoms with van der Waals surface area (Å²) in [6, 6.07) is 0. The van der Waals surface area contributed by atoms with Gasteiger partial charge in [-0.05, 0) is 48.5 Å². The first-order valence-electron chi connectivity index (χ1n) is 10.7. The van der Waals surface area contributed by atoms with Gasteiger partial charge < -0.3 is 50.0 Å². The minimum absolute atomic E-state index is 0.00667. The summed E-state index contributed by atoms with van der Waals surface area (Å²) in [6.07, 6.45) is -1.84. The van der Waals surface area contributed by atoms with Crippen molar-refractivity contribution in [2.75, 3.05) is 39.6 Å². The maximum absolute atomic E-state index is 9.60. The number of aliphatic carboxylic acids is 1. The molecule has 0 aliphatic rings. The minimum Gasteiger partial charge on any atom is -0.478 e. The van der Waals surface area contributed by atoms with Crippen molar-refractivity contribution in [2.45, 2.75) is 85.1 Å². The average molecular weight is 489 g/mol. The number of ether oxygens (including phenoxy) is 3. The number of aliphatic hydroxyl groups is 6. The molecule has 0 spiro atoms. The van der Waals surface area contributed by atoms with Crippen LogP contribution in [0.4, 0.5) is 0 Å². The summed E-state index contributed by atoms with van der Waals surface area (Å²) in [4.78, 5) is 9.60. The zero-order valence-electron chi connectivity index (χ0n) is 21.2. The summed E-state index contributed by atoms with van der Waals surface area (Å²) in [5, 5.41) is 59.3. The molecular formula is C22H48O11. The number of hydrogen-bond acceptors (Lipinski definition) is 10. The van der Waals surface area contributed by atoms with Crippen molar-refractivity contribution in [2.24, 2.45) is 0 Å². The van der Waals surface area contributed by atoms with Crippen molar-refractivity contribution in [1.29, 1.82) is 0 Å². The van der Waals surface area contributed by atoms with Crippen LogP contribution in [0, 0.1) is 0 Å². The molecule has 0 aliphatic carbocycles. The largest absolute Gasteiger partial charge is 0.478 e. The standard InChI is InChI=1S/3C6H14O3.C4H6O2/c3*1-5(8)4-9-6(2)3-7;1-3(2)4(5)6/h3*5-8H,3-4H2,1-2H3;1H2,2H3,(H,5,6). The Balaban J connectivity index is -0.000000172. The van der Waals surface area contributed by atoms with Crippen molar-refractivity contribution in [1.82, 2.24) is 0 Å². The highest BCUT2D eigenvalue weighted by Crippen LogP contribution is 1.91. The lowest BCUT2D eigenvalue weighted by Crippen LogP contribution is -2.19. The van der Waals surface area contributed by atoms with Gasteiger partial charge in [-0.3, -0.25) is 0 Å². The predicted molar refractivity (Wildman–Crippen MR) is 125 cm³/mol. The summed E-state index contributed by atoms with van der Waals surface area (Å²) < 4.78 is 14.9. The molecule has 0 aromatic rings. The average Bonchev–Trinajstić information content (AvgIpc) is 2.74. The van der Waals surface area contributed by atoms with Crippen molar-refractivity contribution in [3.8, 4) is 0 Å². The van der Waals surface area contributed by atoms with Crippen LogP contribution in [0.5, 0.6) is 0 Å². The first kappa shape index (κ1) is 39.1. The Morgan fingerprint density at radius 2 is 0.848 bits per heavy atom. The van der Waals surface area contributed by atoms with E-state index in [1.165, 1.54) is 6.92 Å². The van der Waals surface area contributed by atoms with E-state index in [-0.39, 0.29) is 43.7 Å². The van der Waals surface area contributed by atoms with Gasteiger partial charge in [-0.2, -0.15) is 0 Å². The van der Waals surface area contributed by atoms with Crippen molar-refractivity contribution >= 4 is 5.97 Å². The molecule has 202 valence electrons. The molecule has 0 saturated heterocycles. The molecule has 0 bridgehead atoms. The third kappa shape index (κ3) is 45.1. The lowest BCUT2D eigenvalue weighted by molar-refractivity contribution is -0.132. The topological polar surface area (TPSA) is 186 Å². The van der Waals surface area contributed by atoms with Crippen LogP contribution in [0.2, 0.25) is 0 Å². The highest BCUT2D eigenvalue weighted by Gasteiger charge is 2.02. The van der Waals surface area contributed by atoms with E-state index in [1.807, 2.05) is 0 Å². The van der Waals surface area contributed by atoms with Gasteiger partial charge in [0, 0.05) is 5.57 Å². The second-order valence-corrected chi connectivity index (χ2v) is 7.61. The fraction of sp³-hybridized carbons (Fsp3) is 0.864. The number of aliphatic hydroxyl groups excluding tert-OH is 6. The molecule has 7 N–H and O–H groups in total. The van der Waals surface area contributed by atoms with Crippen LogP contribution in [0.1, 0.15) is 48.5 Å². The van der Waals surface area contributed by atoms with E-state index in [2.05, 4.69) is 6.58 Å². The number of carboxylic acids is 1. The molecule has 0 aromatic heterocycles. The molecule has 6 atom stereocenters. The summed E-state index contributed by atoms with van der Waals surface area (Å²) in [6.45, 7) is 15.7. The van der Waals surface area contributed by atoms with Crippen LogP contribution < -0.4 is 0 Å². The Kier molecular flexibility index (Phi) is 32.1. The monoisotopic (exact) mass is 488 g/mol. The molecule has 6 unspecified atom stereocenters. The van der Waals surface area contributed by atoms with Gasteiger partial charge in [-0.15, -0.1) is 0 Å². The van der Waals surface area contributed by atoms with Crippen LogP contribution in [0.25, 0.3) is 0 Å². The van der Waals surface area contributed by atoms with Crippen molar-refractivity contribution in [3.63, 3.8) is 0 Å². The fourth-order valence-electron chi connectivity index (χ4n) is 1.07. The van der Waals surface area contributed by atoms with E-state index in [9.17, 15) is 4.79 Å². The molecule has 0 fully saturated rings. The Bertz CT molecular complexity index is 374. The predicted octanol–water partition coefficient (Wildman–Crippen LogP) is -0.0591. The van der Waals surface area contributed by atoms with Crippen LogP contribution in [0.3, 0.4) is 0 Å². The van der Waals surface area contributed by atoms with Crippen LogP contribution in [-0.4, -0.2) is 118 Å². The zero-order valence-corrected chi connectivity index (χ0v) is 21.2. The molecule has 33 heavy (non-hydrogen) atoms. The lowest BCUT2D eigenvalue weighted by Gasteiger charge is -2.10. The zero-order chi connectivity index (χ0) is 27.0. The van der Waals surface area contributed by atoms with Crippen LogP contribution in [-0.2, 0) is 19.0 Å². The number of carbonyl (C=O) groups is 1. The first-order valence-corrected chi connectivity index (χ1v) is 10.7. The van der Waals surface area contributed by atoms with Gasteiger partial charge in [0.05, 0.1) is 76.3 Å². The molecule has 11 nitrogen and oxygen atoms in total. The molecule has 0 heterocycles. The molecule has 0 radical (unpaired) electrons. The summed E-state index contributed by atoms with van der Waals surface area (Å²) in [5.74, 6) is -0.935. The molecule has 0 amide bonds. The first-order chi connectivity index (χ1) is 15.1. The Morgan fingerprint density at radius 3 is 0.939 bits per heavy atom. The molecule has 11 heteroatoms. The smallest absolute Gasteiger partial charge is 0.330 e. The van der Waals surface area contributed by atoms with Gasteiger partial charge >= 0.3 is 5.97 Å². The molecule has 0 aromatic carbocycles. The second-order valence-electron chi connectivity index (χ2n) is 7.61. The molecule has 0 saturated carbocycles. The number of carboxylic acid groups (broad SMARTS) is 1. The Morgan fingerprint density at radius 1 is 0.667 bits per heavy atom. The Labute approximate surface area is 198 Å². The summed E-state index contributed by atoms with van der Waals surface area (Å²) >= 11 is 0. The van der Waals surface area contributed by atoms with Gasteiger partial charge in [0.15, 0.2) is 0 Å². The highest BCUT2D eigenvalue weighted by molar-refractivity contribution is 5.84. The maximum atomic E-state index is 9.60.